The van der Waals surface area contributed by atoms with Crippen LogP contribution in [0.3, 0.4) is 0 Å². The number of piperidine rings is 1. The van der Waals surface area contributed by atoms with Gasteiger partial charge in [0.2, 0.25) is 10.0 Å². The van der Waals surface area contributed by atoms with E-state index in [0.29, 0.717) is 29.4 Å². The Morgan fingerprint density at radius 2 is 1.42 bits per heavy atom. The average molecular weight is 653 g/mol. The van der Waals surface area contributed by atoms with Gasteiger partial charge in [-0.2, -0.15) is 0 Å². The fourth-order valence-corrected chi connectivity index (χ4v) is 5.89. The number of ether oxygens (including phenoxy) is 1. The molecule has 1 aliphatic heterocycles. The third-order valence-electron chi connectivity index (χ3n) is 7.56. The van der Waals surface area contributed by atoms with Crippen LogP contribution in [0.4, 0.5) is 20.6 Å². The second-order valence-corrected chi connectivity index (χ2v) is 12.8. The van der Waals surface area contributed by atoms with Gasteiger partial charge in [0.1, 0.15) is 17.3 Å². The van der Waals surface area contributed by atoms with Crippen LogP contribution in [-0.2, 0) is 23.0 Å². The van der Waals surface area contributed by atoms with E-state index in [9.17, 15) is 17.6 Å². The van der Waals surface area contributed by atoms with E-state index in [0.717, 1.165) is 45.2 Å². The van der Waals surface area contributed by atoms with Crippen LogP contribution in [0.2, 0.25) is 0 Å². The molecule has 1 saturated heterocycles. The fourth-order valence-electron chi connectivity index (χ4n) is 5.32. The Morgan fingerprint density at radius 3 is 2.02 bits per heavy atom. The molecule has 11 heteroatoms. The number of benzene rings is 4. The molecular formula is C34H38ClFN4O4S. The number of rotatable bonds is 11. The molecule has 2 N–H and O–H groups in total. The third kappa shape index (κ3) is 10.5. The van der Waals surface area contributed by atoms with Gasteiger partial charge in [-0.05, 0) is 91.1 Å². The van der Waals surface area contributed by atoms with Gasteiger partial charge in [0.25, 0.3) is 0 Å². The van der Waals surface area contributed by atoms with Crippen molar-refractivity contribution in [2.24, 2.45) is 0 Å². The number of carbonyl (C=O) groups is 1. The zero-order chi connectivity index (χ0) is 30.9. The van der Waals surface area contributed by atoms with Crippen molar-refractivity contribution in [3.8, 4) is 11.5 Å². The molecule has 1 fully saturated rings. The van der Waals surface area contributed by atoms with E-state index in [1.807, 2.05) is 47.4 Å². The summed E-state index contributed by atoms with van der Waals surface area (Å²) in [6.45, 7) is 3.12. The van der Waals surface area contributed by atoms with Gasteiger partial charge in [0, 0.05) is 43.6 Å². The zero-order valence-electron chi connectivity index (χ0n) is 25.1. The van der Waals surface area contributed by atoms with Crippen molar-refractivity contribution in [3.05, 3.63) is 120 Å². The Kier molecular flexibility index (Phi) is 11.8. The lowest BCUT2D eigenvalue weighted by Crippen LogP contribution is -2.49. The van der Waals surface area contributed by atoms with Crippen LogP contribution in [0, 0.1) is 5.82 Å². The standard InChI is InChI=1S/C34H37FN4O4S.ClH/c1-44(41,42)37-30-13-17-33(18-14-30)43-32-15-7-27(8-16-32)25-38-22-20-31(21-23-38)39(24-19-26-5-3-2-4-6-26)34(40)36-29-11-9-28(35)10-12-29;/h2-18,31,37H,19-25H2,1H3,(H,36,40);1H. The van der Waals surface area contributed by atoms with Crippen LogP contribution in [0.5, 0.6) is 11.5 Å². The number of anilines is 2. The molecule has 0 bridgehead atoms. The van der Waals surface area contributed by atoms with E-state index in [2.05, 4.69) is 27.1 Å². The highest BCUT2D eigenvalue weighted by atomic mass is 35.5. The lowest BCUT2D eigenvalue weighted by atomic mass is 10.0. The van der Waals surface area contributed by atoms with Crippen LogP contribution in [-0.4, -0.2) is 56.2 Å². The second kappa shape index (κ2) is 15.7. The Labute approximate surface area is 270 Å². The number of hydrogen-bond donors (Lipinski definition) is 2. The summed E-state index contributed by atoms with van der Waals surface area (Å²) < 4.78 is 44.5. The summed E-state index contributed by atoms with van der Waals surface area (Å²) in [5.41, 5.74) is 3.40. The first kappa shape index (κ1) is 33.8. The van der Waals surface area contributed by atoms with Gasteiger partial charge in [-0.25, -0.2) is 17.6 Å². The molecule has 1 heterocycles. The molecule has 45 heavy (non-hydrogen) atoms. The number of carbonyl (C=O) groups excluding carboxylic acids is 1. The first-order chi connectivity index (χ1) is 21.2. The van der Waals surface area contributed by atoms with Crippen molar-refractivity contribution in [2.45, 2.75) is 31.8 Å². The summed E-state index contributed by atoms with van der Waals surface area (Å²) in [5.74, 6) is 0.964. The van der Waals surface area contributed by atoms with Gasteiger partial charge in [0.05, 0.1) is 6.26 Å². The maximum atomic E-state index is 13.4. The number of amides is 2. The van der Waals surface area contributed by atoms with Gasteiger partial charge >= 0.3 is 6.03 Å². The highest BCUT2D eigenvalue weighted by molar-refractivity contribution is 7.92. The van der Waals surface area contributed by atoms with Crippen molar-refractivity contribution in [2.75, 3.05) is 35.9 Å². The van der Waals surface area contributed by atoms with E-state index >= 15 is 0 Å². The van der Waals surface area contributed by atoms with Crippen LogP contribution in [0.25, 0.3) is 0 Å². The minimum atomic E-state index is -3.33. The third-order valence-corrected chi connectivity index (χ3v) is 8.17. The van der Waals surface area contributed by atoms with E-state index in [-0.39, 0.29) is 30.3 Å². The van der Waals surface area contributed by atoms with E-state index in [4.69, 9.17) is 4.74 Å². The van der Waals surface area contributed by atoms with Crippen molar-refractivity contribution < 1.29 is 22.3 Å². The summed E-state index contributed by atoms with van der Waals surface area (Å²) >= 11 is 0. The molecule has 0 atom stereocenters. The van der Waals surface area contributed by atoms with Crippen molar-refractivity contribution >= 4 is 39.8 Å². The molecule has 0 radical (unpaired) electrons. The van der Waals surface area contributed by atoms with Crippen LogP contribution >= 0.6 is 12.4 Å². The average Bonchev–Trinajstić information content (AvgIpc) is 3.01. The topological polar surface area (TPSA) is 91.0 Å². The Morgan fingerprint density at radius 1 is 0.844 bits per heavy atom. The minimum Gasteiger partial charge on any atom is -0.457 e. The molecule has 0 aliphatic carbocycles. The maximum absolute atomic E-state index is 13.4. The van der Waals surface area contributed by atoms with Gasteiger partial charge in [-0.15, -0.1) is 12.4 Å². The maximum Gasteiger partial charge on any atom is 0.322 e. The number of sulfonamides is 1. The SMILES string of the molecule is CS(=O)(=O)Nc1ccc(Oc2ccc(CN3CCC(N(CCc4ccccc4)C(=O)Nc4ccc(F)cc4)CC3)cc2)cc1.Cl. The van der Waals surface area contributed by atoms with Gasteiger partial charge < -0.3 is 15.0 Å². The van der Waals surface area contributed by atoms with Gasteiger partial charge in [-0.3, -0.25) is 9.62 Å². The number of likely N-dealkylation sites (tertiary alicyclic amines) is 1. The first-order valence-corrected chi connectivity index (χ1v) is 16.5. The monoisotopic (exact) mass is 652 g/mol. The highest BCUT2D eigenvalue weighted by Gasteiger charge is 2.28. The molecular weight excluding hydrogens is 615 g/mol. The van der Waals surface area contributed by atoms with Gasteiger partial charge in [0.15, 0.2) is 0 Å². The largest absolute Gasteiger partial charge is 0.457 e. The first-order valence-electron chi connectivity index (χ1n) is 14.6. The van der Waals surface area contributed by atoms with Crippen LogP contribution in [0.15, 0.2) is 103 Å². The lowest BCUT2D eigenvalue weighted by Gasteiger charge is -2.38. The molecule has 4 aromatic rings. The number of hydrogen-bond acceptors (Lipinski definition) is 5. The van der Waals surface area contributed by atoms with E-state index < -0.39 is 10.0 Å². The molecule has 0 unspecified atom stereocenters. The minimum absolute atomic E-state index is 0. The predicted octanol–water partition coefficient (Wildman–Crippen LogP) is 7.15. The molecule has 4 aromatic carbocycles. The highest BCUT2D eigenvalue weighted by Crippen LogP contribution is 2.25. The van der Waals surface area contributed by atoms with E-state index in [1.54, 1.807) is 36.4 Å². The molecule has 0 spiro atoms. The molecule has 5 rings (SSSR count). The number of halogens is 2. The zero-order valence-corrected chi connectivity index (χ0v) is 26.7. The summed E-state index contributed by atoms with van der Waals surface area (Å²) in [7, 11) is -3.33. The second-order valence-electron chi connectivity index (χ2n) is 11.0. The molecule has 8 nitrogen and oxygen atoms in total. The Hall–Kier alpha value is -4.12. The molecule has 2 amide bonds. The summed E-state index contributed by atoms with van der Waals surface area (Å²) in [4.78, 5) is 17.7. The van der Waals surface area contributed by atoms with E-state index in [1.165, 1.54) is 23.3 Å². The predicted molar refractivity (Wildman–Crippen MR) is 179 cm³/mol. The van der Waals surface area contributed by atoms with Crippen molar-refractivity contribution in [1.29, 1.82) is 0 Å². The Balaban J connectivity index is 0.00000461. The normalized spacial score (nSPS) is 13.8. The molecule has 0 aromatic heterocycles. The number of nitrogens with one attached hydrogen (secondary N) is 2. The molecule has 1 aliphatic rings. The molecule has 0 saturated carbocycles. The summed E-state index contributed by atoms with van der Waals surface area (Å²) in [6, 6.07) is 30.6. The summed E-state index contributed by atoms with van der Waals surface area (Å²) in [6.07, 6.45) is 3.58. The quantitative estimate of drug-likeness (QED) is 0.180. The summed E-state index contributed by atoms with van der Waals surface area (Å²) in [5, 5.41) is 2.96. The fraction of sp³-hybridized carbons (Fsp3) is 0.265. The van der Waals surface area contributed by atoms with Gasteiger partial charge in [-0.1, -0.05) is 42.5 Å². The number of urea groups is 1. The Bertz CT molecular complexity index is 1620. The smallest absolute Gasteiger partial charge is 0.322 e. The number of nitrogens with zero attached hydrogens (tertiary/aromatic N) is 2. The lowest BCUT2D eigenvalue weighted by molar-refractivity contribution is 0.124. The van der Waals surface area contributed by atoms with Crippen molar-refractivity contribution in [1.82, 2.24) is 9.80 Å². The molecule has 238 valence electrons. The van der Waals surface area contributed by atoms with Crippen molar-refractivity contribution in [3.63, 3.8) is 0 Å². The van der Waals surface area contributed by atoms with Crippen LogP contribution in [0.1, 0.15) is 24.0 Å². The van der Waals surface area contributed by atoms with Crippen LogP contribution < -0.4 is 14.8 Å².